The molecule has 25 heavy (non-hydrogen) atoms. The number of piperidine rings is 1. The van der Waals surface area contributed by atoms with Gasteiger partial charge < -0.3 is 15.2 Å². The normalized spacial score (nSPS) is 19.6. The van der Waals surface area contributed by atoms with Gasteiger partial charge in [0.2, 0.25) is 5.95 Å². The zero-order valence-electron chi connectivity index (χ0n) is 15.5. The summed E-state index contributed by atoms with van der Waals surface area (Å²) in [7, 11) is 3.18. The number of rotatable bonds is 4. The van der Waals surface area contributed by atoms with Crippen molar-refractivity contribution in [1.82, 2.24) is 18.7 Å². The zero-order valence-corrected chi connectivity index (χ0v) is 15.5. The third-order valence-corrected chi connectivity index (χ3v) is 5.26. The second kappa shape index (κ2) is 6.67. The highest BCUT2D eigenvalue weighted by Crippen LogP contribution is 2.24. The number of nitrogens with zero attached hydrogens (tertiary/aromatic N) is 5. The quantitative estimate of drug-likeness (QED) is 0.864. The largest absolute Gasteiger partial charge is 0.341 e. The molecule has 2 N–H and O–H groups in total. The van der Waals surface area contributed by atoms with Gasteiger partial charge in [-0.2, -0.15) is 4.98 Å². The van der Waals surface area contributed by atoms with Gasteiger partial charge in [0, 0.05) is 39.8 Å². The summed E-state index contributed by atoms with van der Waals surface area (Å²) in [5, 5.41) is 0. The van der Waals surface area contributed by atoms with E-state index < -0.39 is 0 Å². The predicted molar refractivity (Wildman–Crippen MR) is 99.1 cm³/mol. The first-order valence-corrected chi connectivity index (χ1v) is 9.01. The van der Waals surface area contributed by atoms with Gasteiger partial charge in [0.25, 0.3) is 5.56 Å². The van der Waals surface area contributed by atoms with Crippen molar-refractivity contribution in [2.75, 3.05) is 18.0 Å². The fraction of sp³-hybridized carbons (Fsp3) is 0.706. The Balaban J connectivity index is 2.26. The summed E-state index contributed by atoms with van der Waals surface area (Å²) in [5.74, 6) is 1.15. The molecule has 2 aromatic heterocycles. The maximum absolute atomic E-state index is 12.8. The first kappa shape index (κ1) is 17.7. The van der Waals surface area contributed by atoms with Crippen LogP contribution in [0.5, 0.6) is 0 Å². The number of fused-ring (bicyclic) bond motifs is 1. The van der Waals surface area contributed by atoms with E-state index in [9.17, 15) is 9.59 Å². The van der Waals surface area contributed by atoms with Crippen molar-refractivity contribution >= 4 is 17.1 Å². The fourth-order valence-electron chi connectivity index (χ4n) is 3.48. The van der Waals surface area contributed by atoms with Gasteiger partial charge in [0.05, 0.1) is 0 Å². The summed E-state index contributed by atoms with van der Waals surface area (Å²) >= 11 is 0. The van der Waals surface area contributed by atoms with E-state index in [0.29, 0.717) is 23.6 Å². The van der Waals surface area contributed by atoms with E-state index in [1.807, 2.05) is 4.57 Å². The second-order valence-electron chi connectivity index (χ2n) is 7.26. The van der Waals surface area contributed by atoms with Crippen molar-refractivity contribution < 1.29 is 0 Å². The van der Waals surface area contributed by atoms with Crippen LogP contribution in [0.25, 0.3) is 11.2 Å². The molecule has 1 aliphatic heterocycles. The molecule has 0 bridgehead atoms. The van der Waals surface area contributed by atoms with Crippen LogP contribution < -0.4 is 21.9 Å². The van der Waals surface area contributed by atoms with Crippen LogP contribution in [0.15, 0.2) is 9.59 Å². The second-order valence-corrected chi connectivity index (χ2v) is 7.26. The van der Waals surface area contributed by atoms with Gasteiger partial charge in [-0.1, -0.05) is 20.3 Å². The van der Waals surface area contributed by atoms with Gasteiger partial charge >= 0.3 is 5.69 Å². The van der Waals surface area contributed by atoms with Gasteiger partial charge in [-0.15, -0.1) is 0 Å². The molecule has 0 radical (unpaired) electrons. The molecule has 2 aromatic rings. The van der Waals surface area contributed by atoms with Crippen LogP contribution >= 0.6 is 0 Å². The average Bonchev–Trinajstić information content (AvgIpc) is 2.97. The minimum atomic E-state index is -0.354. The maximum atomic E-state index is 12.8. The van der Waals surface area contributed by atoms with Crippen LogP contribution in [0.1, 0.15) is 33.1 Å². The Labute approximate surface area is 146 Å². The number of hydrogen-bond donors (Lipinski definition) is 1. The zero-order chi connectivity index (χ0) is 18.3. The SMILES string of the molecule is CCC(C)Cn1c(N2CCCC(N)C2)nc2c1c(=O)n(C)c(=O)n2C. The van der Waals surface area contributed by atoms with Crippen LogP contribution in [0, 0.1) is 5.92 Å². The molecule has 2 atom stereocenters. The molecular formula is C17H28N6O2. The van der Waals surface area contributed by atoms with E-state index in [1.165, 1.54) is 11.6 Å². The predicted octanol–water partition coefficient (Wildman–Crippen LogP) is 0.407. The Hall–Kier alpha value is -2.09. The Kier molecular flexibility index (Phi) is 4.73. The van der Waals surface area contributed by atoms with Gasteiger partial charge in [-0.05, 0) is 18.8 Å². The molecule has 0 aliphatic carbocycles. The van der Waals surface area contributed by atoms with Gasteiger partial charge in [-0.3, -0.25) is 13.9 Å². The molecule has 0 spiro atoms. The average molecular weight is 348 g/mol. The molecule has 1 aliphatic rings. The standard InChI is InChI=1S/C17H28N6O2/c1-5-11(2)9-23-13-14(20(3)17(25)21(4)15(13)24)19-16(23)22-8-6-7-12(18)10-22/h11-12H,5-10,18H2,1-4H3. The van der Waals surface area contributed by atoms with E-state index in [1.54, 1.807) is 7.05 Å². The van der Waals surface area contributed by atoms with E-state index in [2.05, 4.69) is 18.7 Å². The molecular weight excluding hydrogens is 320 g/mol. The molecule has 3 heterocycles. The molecule has 0 amide bonds. The monoisotopic (exact) mass is 348 g/mol. The molecule has 2 unspecified atom stereocenters. The highest BCUT2D eigenvalue weighted by Gasteiger charge is 2.26. The Bertz CT molecular complexity index is 893. The number of imidazole rings is 1. The number of hydrogen-bond acceptors (Lipinski definition) is 5. The topological polar surface area (TPSA) is 91.1 Å². The lowest BCUT2D eigenvalue weighted by molar-refractivity contribution is 0.456. The molecule has 8 heteroatoms. The van der Waals surface area contributed by atoms with Crippen LogP contribution in [0.4, 0.5) is 5.95 Å². The molecule has 8 nitrogen and oxygen atoms in total. The first-order chi connectivity index (χ1) is 11.8. The molecule has 1 saturated heterocycles. The lowest BCUT2D eigenvalue weighted by Crippen LogP contribution is -2.44. The number of anilines is 1. The van der Waals surface area contributed by atoms with E-state index in [4.69, 9.17) is 10.7 Å². The molecule has 0 saturated carbocycles. The van der Waals surface area contributed by atoms with Crippen molar-refractivity contribution in [3.8, 4) is 0 Å². The molecule has 1 fully saturated rings. The maximum Gasteiger partial charge on any atom is 0.332 e. The van der Waals surface area contributed by atoms with Crippen LogP contribution in [-0.4, -0.2) is 37.8 Å². The molecule has 0 aromatic carbocycles. The van der Waals surface area contributed by atoms with Crippen molar-refractivity contribution in [3.05, 3.63) is 20.8 Å². The smallest absolute Gasteiger partial charge is 0.332 e. The third-order valence-electron chi connectivity index (χ3n) is 5.26. The number of aryl methyl sites for hydroxylation is 1. The lowest BCUT2D eigenvalue weighted by atomic mass is 10.1. The Morgan fingerprint density at radius 1 is 1.28 bits per heavy atom. The highest BCUT2D eigenvalue weighted by atomic mass is 16.2. The van der Waals surface area contributed by atoms with Gasteiger partial charge in [0.1, 0.15) is 0 Å². The highest BCUT2D eigenvalue weighted by molar-refractivity contribution is 5.74. The lowest BCUT2D eigenvalue weighted by Gasteiger charge is -2.32. The summed E-state index contributed by atoms with van der Waals surface area (Å²) in [6, 6.07) is 0.109. The van der Waals surface area contributed by atoms with Crippen molar-refractivity contribution in [2.24, 2.45) is 25.7 Å². The minimum Gasteiger partial charge on any atom is -0.341 e. The van der Waals surface area contributed by atoms with Crippen LogP contribution in [0.3, 0.4) is 0 Å². The number of nitrogens with two attached hydrogens (primary N) is 1. The van der Waals surface area contributed by atoms with Crippen LogP contribution in [0.2, 0.25) is 0 Å². The van der Waals surface area contributed by atoms with Crippen LogP contribution in [-0.2, 0) is 20.6 Å². The van der Waals surface area contributed by atoms with Crippen molar-refractivity contribution in [2.45, 2.75) is 45.7 Å². The summed E-state index contributed by atoms with van der Waals surface area (Å²) in [6.07, 6.45) is 3.01. The fourth-order valence-corrected chi connectivity index (χ4v) is 3.48. The first-order valence-electron chi connectivity index (χ1n) is 9.01. The minimum absolute atomic E-state index is 0.109. The molecule has 138 valence electrons. The van der Waals surface area contributed by atoms with E-state index in [-0.39, 0.29) is 17.3 Å². The van der Waals surface area contributed by atoms with Gasteiger partial charge in [0.15, 0.2) is 11.2 Å². The summed E-state index contributed by atoms with van der Waals surface area (Å²) in [6.45, 7) is 6.57. The summed E-state index contributed by atoms with van der Waals surface area (Å²) in [4.78, 5) is 31.9. The van der Waals surface area contributed by atoms with Gasteiger partial charge in [-0.25, -0.2) is 4.79 Å². The molecule has 3 rings (SSSR count). The van der Waals surface area contributed by atoms with Crippen molar-refractivity contribution in [3.63, 3.8) is 0 Å². The third kappa shape index (κ3) is 2.99. The summed E-state index contributed by atoms with van der Waals surface area (Å²) < 4.78 is 4.60. The Morgan fingerprint density at radius 2 is 2.00 bits per heavy atom. The van der Waals surface area contributed by atoms with Crippen molar-refractivity contribution in [1.29, 1.82) is 0 Å². The summed E-state index contributed by atoms with van der Waals surface area (Å²) in [5.41, 5.74) is 6.45. The van der Waals surface area contributed by atoms with E-state index in [0.717, 1.165) is 42.9 Å². The number of aromatic nitrogens is 4. The Morgan fingerprint density at radius 3 is 2.64 bits per heavy atom. The van der Waals surface area contributed by atoms with E-state index >= 15 is 0 Å².